The van der Waals surface area contributed by atoms with E-state index in [1.807, 2.05) is 12.1 Å². The molecule has 1 atom stereocenters. The van der Waals surface area contributed by atoms with E-state index in [2.05, 4.69) is 41.5 Å². The molecule has 2 rings (SSSR count). The average Bonchev–Trinajstić information content (AvgIpc) is 2.70. The average molecular weight is 507 g/mol. The molecule has 33 heavy (non-hydrogen) atoms. The molecule has 0 aliphatic carbocycles. The van der Waals surface area contributed by atoms with Crippen molar-refractivity contribution in [2.75, 3.05) is 19.8 Å². The van der Waals surface area contributed by atoms with Crippen molar-refractivity contribution in [3.8, 4) is 17.2 Å². The fourth-order valence-electron chi connectivity index (χ4n) is 2.67. The van der Waals surface area contributed by atoms with Crippen LogP contribution in [0.15, 0.2) is 30.3 Å². The summed E-state index contributed by atoms with van der Waals surface area (Å²) in [5.41, 5.74) is 0.152. The van der Waals surface area contributed by atoms with Gasteiger partial charge in [0.2, 0.25) is 0 Å². The van der Waals surface area contributed by atoms with E-state index in [9.17, 15) is 4.79 Å². The third-order valence-electron chi connectivity index (χ3n) is 4.20. The molecule has 0 spiro atoms. The van der Waals surface area contributed by atoms with Gasteiger partial charge in [-0.3, -0.25) is 4.79 Å². The molecular weight excluding hydrogens is 473 g/mol. The second-order valence-electron chi connectivity index (χ2n) is 8.96. The largest absolute Gasteiger partial charge is 1.00 e. The van der Waals surface area contributed by atoms with E-state index in [0.29, 0.717) is 75.7 Å². The zero-order valence-corrected chi connectivity index (χ0v) is 23.1. The molecule has 2 aromatic rings. The van der Waals surface area contributed by atoms with Crippen LogP contribution in [0, 0.1) is 17.8 Å². The van der Waals surface area contributed by atoms with Crippen LogP contribution in [0.3, 0.4) is 0 Å². The van der Waals surface area contributed by atoms with Crippen LogP contribution in [0.4, 0.5) is 0 Å². The summed E-state index contributed by atoms with van der Waals surface area (Å²) in [6, 6.07) is 8.74. The molecular formula is C25H34Cl2LiO4P. The molecule has 0 saturated carbocycles. The second-order valence-corrected chi connectivity index (χ2v) is 11.0. The minimum Gasteiger partial charge on any atom is -1.00 e. The molecule has 8 heteroatoms. The summed E-state index contributed by atoms with van der Waals surface area (Å²) in [6.07, 6.45) is 0. The maximum absolute atomic E-state index is 13.2. The SMILES string of the molecule is CC(C)COc1cc(OCC(C)C)c(PC(=O)c2c(Cl)cccc2Cl)c(OCC(C)C)c1.[H-].[Li+]. The smallest absolute Gasteiger partial charge is 1.00 e. The van der Waals surface area contributed by atoms with Gasteiger partial charge in [-0.15, -0.1) is 0 Å². The van der Waals surface area contributed by atoms with Gasteiger partial charge in [0, 0.05) is 12.1 Å². The first-order valence-electron chi connectivity index (χ1n) is 10.9. The molecule has 0 N–H and O–H groups in total. The van der Waals surface area contributed by atoms with Crippen LogP contribution in [0.2, 0.25) is 10.0 Å². The summed E-state index contributed by atoms with van der Waals surface area (Å²) < 4.78 is 18.2. The molecule has 0 bridgehead atoms. The quantitative estimate of drug-likeness (QED) is 0.317. The van der Waals surface area contributed by atoms with Crippen LogP contribution in [-0.2, 0) is 0 Å². The number of hydrogen-bond donors (Lipinski definition) is 0. The number of ether oxygens (including phenoxy) is 3. The molecule has 0 heterocycles. The van der Waals surface area contributed by atoms with Gasteiger partial charge in [0.25, 0.3) is 0 Å². The molecule has 178 valence electrons. The fraction of sp³-hybridized carbons (Fsp3) is 0.480. The molecule has 0 fully saturated rings. The normalized spacial score (nSPS) is 11.4. The topological polar surface area (TPSA) is 44.8 Å². The minimum atomic E-state index is -0.267. The monoisotopic (exact) mass is 506 g/mol. The number of carbonyl (C=O) groups is 1. The van der Waals surface area contributed by atoms with Gasteiger partial charge < -0.3 is 15.6 Å². The van der Waals surface area contributed by atoms with Crippen molar-refractivity contribution in [1.29, 1.82) is 0 Å². The molecule has 0 aliphatic rings. The molecule has 0 radical (unpaired) electrons. The van der Waals surface area contributed by atoms with E-state index in [4.69, 9.17) is 37.4 Å². The Morgan fingerprint density at radius 2 is 1.27 bits per heavy atom. The molecule has 0 saturated heterocycles. The zero-order valence-electron chi connectivity index (χ0n) is 21.6. The van der Waals surface area contributed by atoms with Gasteiger partial charge in [-0.2, -0.15) is 0 Å². The summed E-state index contributed by atoms with van der Waals surface area (Å²) in [5, 5.41) is 1.37. The molecule has 2 aromatic carbocycles. The van der Waals surface area contributed by atoms with Crippen LogP contribution < -0.4 is 38.4 Å². The predicted octanol–water partition coefficient (Wildman–Crippen LogP) is 4.36. The Kier molecular flexibility index (Phi) is 13.2. The summed E-state index contributed by atoms with van der Waals surface area (Å²) >= 11 is 12.6. The maximum Gasteiger partial charge on any atom is 1.00 e. The van der Waals surface area contributed by atoms with Crippen LogP contribution >= 0.6 is 31.8 Å². The molecule has 1 unspecified atom stereocenters. The molecule has 0 aliphatic heterocycles. The minimum absolute atomic E-state index is 0. The van der Waals surface area contributed by atoms with E-state index >= 15 is 0 Å². The van der Waals surface area contributed by atoms with E-state index in [1.54, 1.807) is 18.2 Å². The Morgan fingerprint density at radius 3 is 1.70 bits per heavy atom. The van der Waals surface area contributed by atoms with Gasteiger partial charge in [0.15, 0.2) is 5.52 Å². The third-order valence-corrected chi connectivity index (χ3v) is 6.05. The van der Waals surface area contributed by atoms with E-state index in [-0.39, 0.29) is 34.4 Å². The molecule has 4 nitrogen and oxygen atoms in total. The Hall–Kier alpha value is -0.883. The van der Waals surface area contributed by atoms with Crippen LogP contribution in [0.25, 0.3) is 0 Å². The maximum atomic E-state index is 13.2. The van der Waals surface area contributed by atoms with E-state index < -0.39 is 0 Å². The first-order chi connectivity index (χ1) is 15.1. The zero-order chi connectivity index (χ0) is 23.8. The number of carbonyl (C=O) groups excluding carboxylic acids is 1. The van der Waals surface area contributed by atoms with Gasteiger partial charge in [0.1, 0.15) is 17.2 Å². The van der Waals surface area contributed by atoms with Gasteiger partial charge >= 0.3 is 18.9 Å². The van der Waals surface area contributed by atoms with Crippen molar-refractivity contribution >= 4 is 42.6 Å². The third kappa shape index (κ3) is 9.71. The number of benzene rings is 2. The van der Waals surface area contributed by atoms with Gasteiger partial charge in [0.05, 0.1) is 40.7 Å². The summed E-state index contributed by atoms with van der Waals surface area (Å²) in [4.78, 5) is 13.2. The van der Waals surface area contributed by atoms with E-state index in [1.165, 1.54) is 0 Å². The molecule has 0 aromatic heterocycles. The number of halogens is 2. The van der Waals surface area contributed by atoms with Crippen molar-refractivity contribution in [2.45, 2.75) is 41.5 Å². The molecule has 0 amide bonds. The Morgan fingerprint density at radius 1 is 0.848 bits per heavy atom. The summed E-state index contributed by atoms with van der Waals surface area (Å²) in [6.45, 7) is 14.1. The summed E-state index contributed by atoms with van der Waals surface area (Å²) in [7, 11) is -0.267. The van der Waals surface area contributed by atoms with Gasteiger partial charge in [-0.25, -0.2) is 0 Å². The summed E-state index contributed by atoms with van der Waals surface area (Å²) in [5.74, 6) is 2.86. The van der Waals surface area contributed by atoms with Crippen molar-refractivity contribution in [2.24, 2.45) is 17.8 Å². The second kappa shape index (κ2) is 14.5. The van der Waals surface area contributed by atoms with Crippen LogP contribution in [0.1, 0.15) is 53.3 Å². The Bertz CT molecular complexity index is 873. The fourth-order valence-corrected chi connectivity index (χ4v) is 4.55. The van der Waals surface area contributed by atoms with Gasteiger partial charge in [-0.1, -0.05) is 70.8 Å². The van der Waals surface area contributed by atoms with Gasteiger partial charge in [-0.05, 0) is 38.5 Å². The van der Waals surface area contributed by atoms with Crippen molar-refractivity contribution in [1.82, 2.24) is 0 Å². The van der Waals surface area contributed by atoms with Crippen LogP contribution in [-0.4, -0.2) is 25.3 Å². The van der Waals surface area contributed by atoms with Crippen LogP contribution in [0.5, 0.6) is 17.2 Å². The van der Waals surface area contributed by atoms with Crippen molar-refractivity contribution in [3.05, 3.63) is 45.9 Å². The van der Waals surface area contributed by atoms with Crippen molar-refractivity contribution in [3.63, 3.8) is 0 Å². The standard InChI is InChI=1S/C25H33Cl2O4P.Li.H/c1-15(2)12-29-18-10-21(30-13-16(3)4)24(22(11-18)31-14-17(5)6)32-25(28)23-19(26)8-7-9-20(23)27;;/h7-11,15-17,32H,12-14H2,1-6H3;;/q;+1;-1. The number of hydrogen-bond acceptors (Lipinski definition) is 4. The van der Waals surface area contributed by atoms with E-state index in [0.717, 1.165) is 0 Å². The van der Waals surface area contributed by atoms with Crippen molar-refractivity contribution < 1.29 is 39.3 Å². The first kappa shape index (κ1) is 30.1. The Balaban J connectivity index is 0.00000544. The first-order valence-corrected chi connectivity index (χ1v) is 12.7. The predicted molar refractivity (Wildman–Crippen MR) is 137 cm³/mol. The Labute approximate surface area is 223 Å². The number of rotatable bonds is 12.